The third-order valence-electron chi connectivity index (χ3n) is 7.38. The van der Waals surface area contributed by atoms with E-state index in [4.69, 9.17) is 9.98 Å². The van der Waals surface area contributed by atoms with Gasteiger partial charge in [-0.1, -0.05) is 98.1 Å². The van der Waals surface area contributed by atoms with Gasteiger partial charge in [-0.25, -0.2) is 0 Å². The van der Waals surface area contributed by atoms with Gasteiger partial charge in [0, 0.05) is 11.1 Å². The quantitative estimate of drug-likeness (QED) is 0.227. The maximum atomic E-state index is 5.15. The molecule has 0 fully saturated rings. The topological polar surface area (TPSA) is 24.7 Å². The van der Waals surface area contributed by atoms with Crippen LogP contribution in [0, 0.1) is 27.7 Å². The smallest absolute Gasteiger partial charge is 0.0743 e. The third kappa shape index (κ3) is 5.50. The van der Waals surface area contributed by atoms with Crippen LogP contribution in [0.3, 0.4) is 0 Å². The van der Waals surface area contributed by atoms with Crippen LogP contribution in [0.2, 0.25) is 0 Å². The first-order valence-corrected chi connectivity index (χ1v) is 13.0. The highest BCUT2D eigenvalue weighted by atomic mass is 14.8. The Hall–Kier alpha value is -4.30. The Labute approximate surface area is 227 Å². The lowest BCUT2D eigenvalue weighted by atomic mass is 9.93. The Morgan fingerprint density at radius 3 is 1.18 bits per heavy atom. The van der Waals surface area contributed by atoms with Crippen LogP contribution in [-0.4, -0.2) is 11.4 Å². The zero-order valence-electron chi connectivity index (χ0n) is 23.4. The number of benzene rings is 4. The normalized spacial score (nSPS) is 11.9. The molecule has 0 spiro atoms. The van der Waals surface area contributed by atoms with E-state index in [1.54, 1.807) is 0 Å². The van der Waals surface area contributed by atoms with E-state index in [9.17, 15) is 0 Å². The lowest BCUT2D eigenvalue weighted by Gasteiger charge is -2.16. The summed E-state index contributed by atoms with van der Waals surface area (Å²) in [5.74, 6) is 0. The molecule has 0 saturated carbocycles. The van der Waals surface area contributed by atoms with Crippen molar-refractivity contribution in [2.45, 2.75) is 41.5 Å². The first-order valence-electron chi connectivity index (χ1n) is 13.0. The Morgan fingerprint density at radius 1 is 0.500 bits per heavy atom. The van der Waals surface area contributed by atoms with Crippen molar-refractivity contribution in [2.75, 3.05) is 0 Å². The fourth-order valence-electron chi connectivity index (χ4n) is 4.46. The molecule has 0 radical (unpaired) electrons. The average Bonchev–Trinajstić information content (AvgIpc) is 2.94. The van der Waals surface area contributed by atoms with Gasteiger partial charge in [-0.3, -0.25) is 9.98 Å². The van der Waals surface area contributed by atoms with Gasteiger partial charge in [0.15, 0.2) is 0 Å². The summed E-state index contributed by atoms with van der Waals surface area (Å²) < 4.78 is 0. The van der Waals surface area contributed by atoms with Gasteiger partial charge in [0.2, 0.25) is 0 Å². The third-order valence-corrected chi connectivity index (χ3v) is 7.38. The maximum absolute atomic E-state index is 5.15. The van der Waals surface area contributed by atoms with E-state index >= 15 is 0 Å². The molecule has 0 N–H and O–H groups in total. The molecule has 0 saturated heterocycles. The van der Waals surface area contributed by atoms with E-state index in [-0.39, 0.29) is 0 Å². The van der Waals surface area contributed by atoms with E-state index in [0.717, 1.165) is 67.3 Å². The molecule has 0 aliphatic heterocycles. The Morgan fingerprint density at radius 2 is 0.842 bits per heavy atom. The fourth-order valence-corrected chi connectivity index (χ4v) is 4.46. The highest BCUT2D eigenvalue weighted by Crippen LogP contribution is 2.36. The molecule has 190 valence electrons. The van der Waals surface area contributed by atoms with Crippen molar-refractivity contribution in [3.8, 4) is 0 Å². The van der Waals surface area contributed by atoms with Crippen LogP contribution in [0.5, 0.6) is 0 Å². The number of aryl methyl sites for hydroxylation is 2. The van der Waals surface area contributed by atoms with Crippen LogP contribution < -0.4 is 0 Å². The van der Waals surface area contributed by atoms with E-state index in [0.29, 0.717) is 0 Å². The molecular weight excluding hydrogens is 460 g/mol. The molecule has 2 heteroatoms. The fraction of sp³-hybridized carbons (Fsp3) is 0.167. The van der Waals surface area contributed by atoms with Crippen molar-refractivity contribution in [1.82, 2.24) is 0 Å². The Kier molecular flexibility index (Phi) is 8.02. The molecule has 0 aromatic heterocycles. The molecule has 38 heavy (non-hydrogen) atoms. The average molecular weight is 497 g/mol. The molecule has 0 aliphatic rings. The lowest BCUT2D eigenvalue weighted by Crippen LogP contribution is -2.06. The summed E-state index contributed by atoms with van der Waals surface area (Å²) in [5, 5.41) is 0. The molecule has 4 aromatic rings. The first kappa shape index (κ1) is 26.8. The van der Waals surface area contributed by atoms with E-state index < -0.39 is 0 Å². The molecule has 2 nitrogen and oxygen atoms in total. The monoisotopic (exact) mass is 496 g/mol. The number of hydrogen-bond acceptors (Lipinski definition) is 2. The van der Waals surface area contributed by atoms with Gasteiger partial charge in [-0.05, 0) is 86.1 Å². The molecule has 0 heterocycles. The van der Waals surface area contributed by atoms with Crippen molar-refractivity contribution in [3.05, 3.63) is 143 Å². The van der Waals surface area contributed by atoms with Gasteiger partial charge in [0.1, 0.15) is 0 Å². The van der Waals surface area contributed by atoms with Gasteiger partial charge in [0.05, 0.1) is 22.8 Å². The van der Waals surface area contributed by atoms with Crippen molar-refractivity contribution >= 4 is 33.9 Å². The first-order chi connectivity index (χ1) is 18.2. The zero-order valence-corrected chi connectivity index (χ0v) is 23.4. The second-order valence-corrected chi connectivity index (χ2v) is 9.89. The lowest BCUT2D eigenvalue weighted by molar-refractivity contribution is 1.29. The van der Waals surface area contributed by atoms with Crippen LogP contribution in [0.4, 0.5) is 11.4 Å². The van der Waals surface area contributed by atoms with E-state index in [2.05, 4.69) is 89.4 Å². The molecule has 0 unspecified atom stereocenters. The van der Waals surface area contributed by atoms with Crippen LogP contribution in [0.15, 0.2) is 108 Å². The minimum atomic E-state index is 0.873. The number of nitrogens with zero attached hydrogens (tertiary/aromatic N) is 2. The van der Waals surface area contributed by atoms with Crippen LogP contribution in [0.1, 0.15) is 58.4 Å². The van der Waals surface area contributed by atoms with Crippen molar-refractivity contribution in [2.24, 2.45) is 9.98 Å². The van der Waals surface area contributed by atoms with Gasteiger partial charge in [-0.15, -0.1) is 0 Å². The van der Waals surface area contributed by atoms with Crippen molar-refractivity contribution < 1.29 is 0 Å². The highest BCUT2D eigenvalue weighted by Gasteiger charge is 2.15. The summed E-state index contributed by atoms with van der Waals surface area (Å²) in [6, 6.07) is 29.1. The van der Waals surface area contributed by atoms with Crippen LogP contribution in [-0.2, 0) is 0 Å². The van der Waals surface area contributed by atoms with Crippen LogP contribution in [0.25, 0.3) is 11.1 Å². The highest BCUT2D eigenvalue weighted by molar-refractivity contribution is 6.41. The molecule has 4 aromatic carbocycles. The molecule has 0 atom stereocenters. The number of aliphatic imine (C=N–C) groups is 2. The second kappa shape index (κ2) is 11.4. The number of rotatable bonds is 7. The van der Waals surface area contributed by atoms with Crippen LogP contribution >= 0.6 is 0 Å². The summed E-state index contributed by atoms with van der Waals surface area (Å²) in [6.45, 7) is 21.4. The molecule has 0 amide bonds. The maximum Gasteiger partial charge on any atom is 0.0743 e. The molecular formula is C36H36N2. The molecule has 0 aliphatic carbocycles. The summed E-state index contributed by atoms with van der Waals surface area (Å²) in [5.41, 5.74) is 14.5. The zero-order chi connectivity index (χ0) is 27.4. The van der Waals surface area contributed by atoms with Gasteiger partial charge >= 0.3 is 0 Å². The minimum Gasteiger partial charge on any atom is -0.251 e. The van der Waals surface area contributed by atoms with Gasteiger partial charge in [-0.2, -0.15) is 0 Å². The molecule has 4 rings (SSSR count). The van der Waals surface area contributed by atoms with Gasteiger partial charge in [0.25, 0.3) is 0 Å². The van der Waals surface area contributed by atoms with Crippen molar-refractivity contribution in [3.63, 3.8) is 0 Å². The summed E-state index contributed by atoms with van der Waals surface area (Å²) in [7, 11) is 0. The second-order valence-electron chi connectivity index (χ2n) is 9.89. The van der Waals surface area contributed by atoms with E-state index in [1.165, 1.54) is 11.1 Å². The molecule has 0 bridgehead atoms. The van der Waals surface area contributed by atoms with E-state index in [1.807, 2.05) is 50.2 Å². The number of hydrogen-bond donors (Lipinski definition) is 0. The largest absolute Gasteiger partial charge is 0.251 e. The standard InChI is InChI=1S/C36H36N2/c1-23-19-21-33(27(5)31-15-11-9-12-16-31)35(25(23)3)37-29(7)30(8)38-36-26(4)24(2)20-22-34(36)28(6)32-17-13-10-14-18-32/h9-22H,5-6H2,1-4,7-8H3. The summed E-state index contributed by atoms with van der Waals surface area (Å²) in [6.07, 6.45) is 0. The predicted molar refractivity (Wildman–Crippen MR) is 167 cm³/mol. The Balaban J connectivity index is 1.80. The van der Waals surface area contributed by atoms with Crippen molar-refractivity contribution in [1.29, 1.82) is 0 Å². The Bertz CT molecular complexity index is 1450. The predicted octanol–water partition coefficient (Wildman–Crippen LogP) is 9.93. The summed E-state index contributed by atoms with van der Waals surface area (Å²) in [4.78, 5) is 10.3. The minimum absolute atomic E-state index is 0.873. The summed E-state index contributed by atoms with van der Waals surface area (Å²) >= 11 is 0. The SMILES string of the molecule is C=C(c1ccccc1)c1ccc(C)c(C)c1N=C(C)C(C)=Nc1c(C(=C)c2ccccc2)ccc(C)c1C. The van der Waals surface area contributed by atoms with Gasteiger partial charge < -0.3 is 0 Å².